The molecule has 0 spiro atoms. The molecule has 0 radical (unpaired) electrons. The van der Waals surface area contributed by atoms with Crippen molar-refractivity contribution < 1.29 is 9.00 Å². The van der Waals surface area contributed by atoms with Crippen molar-refractivity contribution in [2.75, 3.05) is 11.9 Å². The van der Waals surface area contributed by atoms with Gasteiger partial charge in [-0.05, 0) is 48.9 Å². The Kier molecular flexibility index (Phi) is 4.65. The van der Waals surface area contributed by atoms with Gasteiger partial charge in [0.25, 0.3) is 0 Å². The third-order valence-electron chi connectivity index (χ3n) is 2.74. The standard InChI is InChI=1S/C15H16N2O2S/c1-11-3-2-4-14(9-11)20(19)13-7-5-12(6-8-13)17-15(18)10-16/h2-9H,10,16H2,1H3,(H,17,18). The average Bonchev–Trinajstić information content (AvgIpc) is 2.47. The first-order chi connectivity index (χ1) is 9.60. The van der Waals surface area contributed by atoms with Gasteiger partial charge >= 0.3 is 0 Å². The minimum absolute atomic E-state index is 0.0586. The number of aryl methyl sites for hydroxylation is 1. The van der Waals surface area contributed by atoms with E-state index in [1.165, 1.54) is 0 Å². The van der Waals surface area contributed by atoms with Crippen LogP contribution < -0.4 is 11.1 Å². The van der Waals surface area contributed by atoms with Crippen molar-refractivity contribution in [1.29, 1.82) is 0 Å². The Balaban J connectivity index is 2.17. The summed E-state index contributed by atoms with van der Waals surface area (Å²) >= 11 is 0. The number of carbonyl (C=O) groups is 1. The Morgan fingerprint density at radius 3 is 2.45 bits per heavy atom. The summed E-state index contributed by atoms with van der Waals surface area (Å²) in [6.07, 6.45) is 0. The maximum Gasteiger partial charge on any atom is 0.238 e. The summed E-state index contributed by atoms with van der Waals surface area (Å²) in [7, 11) is -1.22. The van der Waals surface area contributed by atoms with Crippen LogP contribution in [0, 0.1) is 6.92 Å². The van der Waals surface area contributed by atoms with Crippen LogP contribution >= 0.6 is 0 Å². The monoisotopic (exact) mass is 288 g/mol. The number of hydrogen-bond acceptors (Lipinski definition) is 3. The second-order valence-electron chi connectivity index (χ2n) is 4.36. The van der Waals surface area contributed by atoms with Crippen molar-refractivity contribution >= 4 is 22.4 Å². The van der Waals surface area contributed by atoms with Gasteiger partial charge in [-0.15, -0.1) is 0 Å². The second kappa shape index (κ2) is 6.45. The summed E-state index contributed by atoms with van der Waals surface area (Å²) in [6, 6.07) is 14.5. The van der Waals surface area contributed by atoms with E-state index in [0.717, 1.165) is 10.5 Å². The highest BCUT2D eigenvalue weighted by molar-refractivity contribution is 7.85. The third kappa shape index (κ3) is 3.53. The zero-order valence-electron chi connectivity index (χ0n) is 11.1. The largest absolute Gasteiger partial charge is 0.325 e. The summed E-state index contributed by atoms with van der Waals surface area (Å²) in [5.74, 6) is -0.252. The van der Waals surface area contributed by atoms with Gasteiger partial charge < -0.3 is 11.1 Å². The molecule has 104 valence electrons. The van der Waals surface area contributed by atoms with Crippen molar-refractivity contribution in [3.8, 4) is 0 Å². The first-order valence-corrected chi connectivity index (χ1v) is 7.33. The smallest absolute Gasteiger partial charge is 0.238 e. The maximum absolute atomic E-state index is 12.4. The molecule has 0 aliphatic carbocycles. The third-order valence-corrected chi connectivity index (χ3v) is 4.12. The fourth-order valence-electron chi connectivity index (χ4n) is 1.74. The normalized spacial score (nSPS) is 11.9. The lowest BCUT2D eigenvalue weighted by Gasteiger charge is -2.06. The molecule has 0 fully saturated rings. The summed E-state index contributed by atoms with van der Waals surface area (Å²) in [5, 5.41) is 2.64. The quantitative estimate of drug-likeness (QED) is 0.904. The molecule has 2 aromatic carbocycles. The lowest BCUT2D eigenvalue weighted by Crippen LogP contribution is -2.21. The molecule has 2 aromatic rings. The van der Waals surface area contributed by atoms with Gasteiger partial charge in [0.2, 0.25) is 5.91 Å². The van der Waals surface area contributed by atoms with E-state index in [1.54, 1.807) is 24.3 Å². The van der Waals surface area contributed by atoms with E-state index in [1.807, 2.05) is 31.2 Å². The molecule has 0 aliphatic rings. The summed E-state index contributed by atoms with van der Waals surface area (Å²) in [4.78, 5) is 12.6. The predicted octanol–water partition coefficient (Wildman–Crippen LogP) is 2.06. The molecule has 0 saturated carbocycles. The van der Waals surface area contributed by atoms with Crippen molar-refractivity contribution in [2.24, 2.45) is 5.73 Å². The van der Waals surface area contributed by atoms with Crippen LogP contribution in [0.2, 0.25) is 0 Å². The first kappa shape index (κ1) is 14.4. The number of benzene rings is 2. The molecule has 1 unspecified atom stereocenters. The summed E-state index contributed by atoms with van der Waals surface area (Å²) < 4.78 is 12.4. The van der Waals surface area contributed by atoms with Gasteiger partial charge in [-0.3, -0.25) is 4.79 Å². The highest BCUT2D eigenvalue weighted by Gasteiger charge is 2.07. The Morgan fingerprint density at radius 2 is 1.85 bits per heavy atom. The number of anilines is 1. The van der Waals surface area contributed by atoms with Crippen molar-refractivity contribution in [1.82, 2.24) is 0 Å². The van der Waals surface area contributed by atoms with E-state index in [9.17, 15) is 9.00 Å². The Labute approximate surface area is 120 Å². The van der Waals surface area contributed by atoms with Crippen molar-refractivity contribution in [2.45, 2.75) is 16.7 Å². The average molecular weight is 288 g/mol. The molecule has 2 rings (SSSR count). The zero-order valence-corrected chi connectivity index (χ0v) is 11.9. The lowest BCUT2D eigenvalue weighted by atomic mass is 10.2. The van der Waals surface area contributed by atoms with E-state index in [-0.39, 0.29) is 12.5 Å². The fraction of sp³-hybridized carbons (Fsp3) is 0.133. The van der Waals surface area contributed by atoms with Crippen molar-refractivity contribution in [3.63, 3.8) is 0 Å². The zero-order chi connectivity index (χ0) is 14.5. The number of hydrogen-bond donors (Lipinski definition) is 2. The van der Waals surface area contributed by atoms with E-state index in [2.05, 4.69) is 5.32 Å². The fourth-order valence-corrected chi connectivity index (χ4v) is 2.89. The molecule has 0 aliphatic heterocycles. The van der Waals surface area contributed by atoms with Crippen LogP contribution in [0.25, 0.3) is 0 Å². The van der Waals surface area contributed by atoms with Crippen LogP contribution in [0.4, 0.5) is 5.69 Å². The lowest BCUT2D eigenvalue weighted by molar-refractivity contribution is -0.114. The number of amides is 1. The van der Waals surface area contributed by atoms with Crippen LogP contribution in [-0.4, -0.2) is 16.7 Å². The minimum atomic E-state index is -1.22. The SMILES string of the molecule is Cc1cccc(S(=O)c2ccc(NC(=O)CN)cc2)c1. The van der Waals surface area contributed by atoms with Crippen molar-refractivity contribution in [3.05, 3.63) is 54.1 Å². The minimum Gasteiger partial charge on any atom is -0.325 e. The van der Waals surface area contributed by atoms with Gasteiger partial charge in [0, 0.05) is 15.5 Å². The van der Waals surface area contributed by atoms with Gasteiger partial charge in [-0.2, -0.15) is 0 Å². The van der Waals surface area contributed by atoms with Crippen LogP contribution in [0.1, 0.15) is 5.56 Å². The Morgan fingerprint density at radius 1 is 1.15 bits per heavy atom. The molecule has 0 bridgehead atoms. The molecule has 0 saturated heterocycles. The Bertz CT molecular complexity index is 639. The van der Waals surface area contributed by atoms with Crippen LogP contribution in [-0.2, 0) is 15.6 Å². The molecule has 0 aromatic heterocycles. The van der Waals surface area contributed by atoms with Gasteiger partial charge in [-0.1, -0.05) is 12.1 Å². The first-order valence-electron chi connectivity index (χ1n) is 6.18. The molecule has 20 heavy (non-hydrogen) atoms. The van der Waals surface area contributed by atoms with E-state index in [4.69, 9.17) is 5.73 Å². The van der Waals surface area contributed by atoms with Gasteiger partial charge in [0.1, 0.15) is 0 Å². The Hall–Kier alpha value is -1.98. The summed E-state index contributed by atoms with van der Waals surface area (Å²) in [5.41, 5.74) is 6.94. The molecule has 4 nitrogen and oxygen atoms in total. The highest BCUT2D eigenvalue weighted by Crippen LogP contribution is 2.19. The second-order valence-corrected chi connectivity index (χ2v) is 5.84. The number of rotatable bonds is 4. The van der Waals surface area contributed by atoms with Gasteiger partial charge in [0.05, 0.1) is 17.3 Å². The van der Waals surface area contributed by atoms with E-state index < -0.39 is 10.8 Å². The van der Waals surface area contributed by atoms with Crippen LogP contribution in [0.15, 0.2) is 58.3 Å². The molecule has 1 atom stereocenters. The number of carbonyl (C=O) groups excluding carboxylic acids is 1. The van der Waals surface area contributed by atoms with Gasteiger partial charge in [0.15, 0.2) is 0 Å². The highest BCUT2D eigenvalue weighted by atomic mass is 32.2. The maximum atomic E-state index is 12.4. The van der Waals surface area contributed by atoms with E-state index >= 15 is 0 Å². The molecular formula is C15H16N2O2S. The molecule has 1 amide bonds. The number of nitrogens with one attached hydrogen (secondary N) is 1. The van der Waals surface area contributed by atoms with Crippen LogP contribution in [0.3, 0.4) is 0 Å². The molecule has 5 heteroatoms. The van der Waals surface area contributed by atoms with Gasteiger partial charge in [-0.25, -0.2) is 4.21 Å². The molecule has 0 heterocycles. The van der Waals surface area contributed by atoms with Crippen LogP contribution in [0.5, 0.6) is 0 Å². The number of nitrogens with two attached hydrogens (primary N) is 1. The topological polar surface area (TPSA) is 72.2 Å². The predicted molar refractivity (Wildman–Crippen MR) is 80.0 cm³/mol. The molecule has 3 N–H and O–H groups in total. The molecular weight excluding hydrogens is 272 g/mol. The summed E-state index contributed by atoms with van der Waals surface area (Å²) in [6.45, 7) is 1.91. The van der Waals surface area contributed by atoms with E-state index in [0.29, 0.717) is 10.6 Å².